The summed E-state index contributed by atoms with van der Waals surface area (Å²) in [5.41, 5.74) is 3.10. The van der Waals surface area contributed by atoms with Crippen molar-refractivity contribution in [2.24, 2.45) is 7.05 Å². The number of rotatable bonds is 5. The fourth-order valence-corrected chi connectivity index (χ4v) is 4.09. The Labute approximate surface area is 176 Å². The van der Waals surface area contributed by atoms with Gasteiger partial charge in [0.25, 0.3) is 0 Å². The molecular weight excluding hydrogens is 403 g/mol. The van der Waals surface area contributed by atoms with E-state index in [1.807, 2.05) is 42.1 Å². The summed E-state index contributed by atoms with van der Waals surface area (Å²) in [6, 6.07) is 12.3. The molecule has 152 valence electrons. The van der Waals surface area contributed by atoms with Crippen LogP contribution < -0.4 is 10.6 Å². The number of carbonyl (C=O) groups excluding carboxylic acids is 2. The number of fused-ring (bicyclic) bond motifs is 1. The second-order valence-corrected chi connectivity index (χ2v) is 7.78. The maximum Gasteiger partial charge on any atom is 0.230 e. The van der Waals surface area contributed by atoms with E-state index in [2.05, 4.69) is 15.6 Å². The number of nitrogens with one attached hydrogen (secondary N) is 2. The first-order chi connectivity index (χ1) is 14.4. The number of halogens is 1. The lowest BCUT2D eigenvalue weighted by Crippen LogP contribution is -2.14. The van der Waals surface area contributed by atoms with E-state index >= 15 is 0 Å². The standard InChI is InChI=1S/C22H19FN4O2S/c1-13(28)24-15-7-8-17(18(23)10-15)19-12-30-22(25-19)26-21(29)9-14-11-27(2)20-6-4-3-5-16(14)20/h3-8,10-12H,9H2,1-2H3,(H,24,28)(H,25,26,29). The third kappa shape index (κ3) is 4.08. The molecule has 6 nitrogen and oxygen atoms in total. The van der Waals surface area contributed by atoms with Gasteiger partial charge in [-0.3, -0.25) is 9.59 Å². The summed E-state index contributed by atoms with van der Waals surface area (Å²) in [5.74, 6) is -0.957. The van der Waals surface area contributed by atoms with Crippen LogP contribution in [0.15, 0.2) is 54.0 Å². The summed E-state index contributed by atoms with van der Waals surface area (Å²) in [6.45, 7) is 1.36. The van der Waals surface area contributed by atoms with E-state index < -0.39 is 5.82 Å². The van der Waals surface area contributed by atoms with E-state index in [4.69, 9.17) is 0 Å². The quantitative estimate of drug-likeness (QED) is 0.494. The van der Waals surface area contributed by atoms with E-state index in [1.54, 1.807) is 17.5 Å². The summed E-state index contributed by atoms with van der Waals surface area (Å²) >= 11 is 1.23. The van der Waals surface area contributed by atoms with Gasteiger partial charge in [0.1, 0.15) is 5.82 Å². The van der Waals surface area contributed by atoms with Crippen LogP contribution in [0.1, 0.15) is 12.5 Å². The molecule has 0 aliphatic rings. The molecule has 2 heterocycles. The Bertz CT molecular complexity index is 1260. The zero-order valence-electron chi connectivity index (χ0n) is 16.4. The van der Waals surface area contributed by atoms with Crippen molar-refractivity contribution in [1.82, 2.24) is 9.55 Å². The number of para-hydroxylation sites is 1. The number of thiazole rings is 1. The van der Waals surface area contributed by atoms with Gasteiger partial charge in [0.2, 0.25) is 11.8 Å². The predicted molar refractivity (Wildman–Crippen MR) is 117 cm³/mol. The molecule has 0 fully saturated rings. The highest BCUT2D eigenvalue weighted by Crippen LogP contribution is 2.29. The lowest BCUT2D eigenvalue weighted by Gasteiger charge is -2.05. The normalized spacial score (nSPS) is 10.9. The third-order valence-electron chi connectivity index (χ3n) is 4.65. The molecule has 4 rings (SSSR count). The van der Waals surface area contributed by atoms with Gasteiger partial charge in [0.15, 0.2) is 5.13 Å². The minimum atomic E-state index is -0.500. The molecule has 0 bridgehead atoms. The van der Waals surface area contributed by atoms with Crippen LogP contribution in [0.5, 0.6) is 0 Å². The Morgan fingerprint density at radius 1 is 1.17 bits per heavy atom. The van der Waals surface area contributed by atoms with E-state index in [0.29, 0.717) is 22.1 Å². The number of carbonyl (C=O) groups is 2. The molecule has 0 radical (unpaired) electrons. The molecule has 2 N–H and O–H groups in total. The van der Waals surface area contributed by atoms with Gasteiger partial charge < -0.3 is 15.2 Å². The number of hydrogen-bond donors (Lipinski definition) is 2. The van der Waals surface area contributed by atoms with Crippen LogP contribution in [-0.2, 0) is 23.1 Å². The SMILES string of the molecule is CC(=O)Nc1ccc(-c2csc(NC(=O)Cc3cn(C)c4ccccc34)n2)c(F)c1. The Morgan fingerprint density at radius 2 is 1.97 bits per heavy atom. The first kappa shape index (κ1) is 19.8. The lowest BCUT2D eigenvalue weighted by atomic mass is 10.1. The predicted octanol–water partition coefficient (Wildman–Crippen LogP) is 4.58. The van der Waals surface area contributed by atoms with E-state index in [0.717, 1.165) is 16.5 Å². The smallest absolute Gasteiger partial charge is 0.230 e. The zero-order valence-corrected chi connectivity index (χ0v) is 17.2. The number of anilines is 2. The average Bonchev–Trinajstić information content (AvgIpc) is 3.26. The van der Waals surface area contributed by atoms with Gasteiger partial charge in [0.05, 0.1) is 12.1 Å². The van der Waals surface area contributed by atoms with Crippen molar-refractivity contribution >= 4 is 44.9 Å². The molecule has 0 aliphatic carbocycles. The maximum absolute atomic E-state index is 14.4. The van der Waals surface area contributed by atoms with Crippen molar-refractivity contribution in [1.29, 1.82) is 0 Å². The summed E-state index contributed by atoms with van der Waals surface area (Å²) < 4.78 is 16.4. The first-order valence-electron chi connectivity index (χ1n) is 9.26. The van der Waals surface area contributed by atoms with Crippen LogP contribution in [0.2, 0.25) is 0 Å². The maximum atomic E-state index is 14.4. The molecule has 0 saturated carbocycles. The molecule has 2 aromatic heterocycles. The lowest BCUT2D eigenvalue weighted by molar-refractivity contribution is -0.116. The molecule has 30 heavy (non-hydrogen) atoms. The van der Waals surface area contributed by atoms with Gasteiger partial charge in [-0.2, -0.15) is 0 Å². The Kier molecular flexibility index (Phi) is 5.33. The van der Waals surface area contributed by atoms with Crippen molar-refractivity contribution in [3.8, 4) is 11.3 Å². The topological polar surface area (TPSA) is 76.0 Å². The number of amides is 2. The number of hydrogen-bond acceptors (Lipinski definition) is 4. The first-order valence-corrected chi connectivity index (χ1v) is 10.1. The summed E-state index contributed by atoms with van der Waals surface area (Å²) in [6.07, 6.45) is 2.17. The number of aryl methyl sites for hydroxylation is 1. The van der Waals surface area contributed by atoms with Gasteiger partial charge in [-0.1, -0.05) is 18.2 Å². The summed E-state index contributed by atoms with van der Waals surface area (Å²) in [7, 11) is 1.95. The second kappa shape index (κ2) is 8.08. The van der Waals surface area contributed by atoms with Crippen molar-refractivity contribution in [3.63, 3.8) is 0 Å². The molecule has 2 amide bonds. The van der Waals surface area contributed by atoms with Crippen LogP contribution in [0.25, 0.3) is 22.2 Å². The van der Waals surface area contributed by atoms with Crippen LogP contribution in [0.4, 0.5) is 15.2 Å². The number of nitrogens with zero attached hydrogens (tertiary/aromatic N) is 2. The van der Waals surface area contributed by atoms with Crippen LogP contribution in [-0.4, -0.2) is 21.4 Å². The molecular formula is C22H19FN4O2S. The van der Waals surface area contributed by atoms with Crippen molar-refractivity contribution in [2.45, 2.75) is 13.3 Å². The molecule has 0 atom stereocenters. The largest absolute Gasteiger partial charge is 0.350 e. The minimum Gasteiger partial charge on any atom is -0.350 e. The molecule has 8 heteroatoms. The summed E-state index contributed by atoms with van der Waals surface area (Å²) in [5, 5.41) is 8.45. The number of benzene rings is 2. The monoisotopic (exact) mass is 422 g/mol. The Hall–Kier alpha value is -3.52. The highest BCUT2D eigenvalue weighted by atomic mass is 32.1. The molecule has 0 spiro atoms. The van der Waals surface area contributed by atoms with Crippen LogP contribution in [0.3, 0.4) is 0 Å². The van der Waals surface area contributed by atoms with Gasteiger partial charge >= 0.3 is 0 Å². The molecule has 0 aliphatic heterocycles. The fraction of sp³-hybridized carbons (Fsp3) is 0.136. The van der Waals surface area contributed by atoms with Gasteiger partial charge in [-0.25, -0.2) is 9.37 Å². The van der Waals surface area contributed by atoms with Crippen molar-refractivity contribution in [2.75, 3.05) is 10.6 Å². The zero-order chi connectivity index (χ0) is 21.3. The highest BCUT2D eigenvalue weighted by Gasteiger charge is 2.14. The van der Waals surface area contributed by atoms with Gasteiger partial charge in [0, 0.05) is 47.7 Å². The molecule has 4 aromatic rings. The van der Waals surface area contributed by atoms with Crippen molar-refractivity contribution in [3.05, 3.63) is 65.4 Å². The summed E-state index contributed by atoms with van der Waals surface area (Å²) in [4.78, 5) is 28.0. The molecule has 0 unspecified atom stereocenters. The van der Waals surface area contributed by atoms with Gasteiger partial charge in [-0.05, 0) is 29.8 Å². The third-order valence-corrected chi connectivity index (χ3v) is 5.40. The van der Waals surface area contributed by atoms with E-state index in [-0.39, 0.29) is 18.2 Å². The molecule has 0 saturated heterocycles. The Morgan fingerprint density at radius 3 is 2.73 bits per heavy atom. The average molecular weight is 422 g/mol. The minimum absolute atomic E-state index is 0.186. The van der Waals surface area contributed by atoms with Crippen molar-refractivity contribution < 1.29 is 14.0 Å². The van der Waals surface area contributed by atoms with E-state index in [1.165, 1.54) is 24.3 Å². The molecule has 2 aromatic carbocycles. The number of aromatic nitrogens is 2. The van der Waals surface area contributed by atoms with Crippen LogP contribution in [0, 0.1) is 5.82 Å². The van der Waals surface area contributed by atoms with Crippen LogP contribution >= 0.6 is 11.3 Å². The van der Waals surface area contributed by atoms with E-state index in [9.17, 15) is 14.0 Å². The second-order valence-electron chi connectivity index (χ2n) is 6.92. The Balaban J connectivity index is 1.48. The fourth-order valence-electron chi connectivity index (χ4n) is 3.36. The van der Waals surface area contributed by atoms with Gasteiger partial charge in [-0.15, -0.1) is 11.3 Å². The highest BCUT2D eigenvalue weighted by molar-refractivity contribution is 7.14.